The molecule has 0 bridgehead atoms. The molecule has 0 spiro atoms. The second-order valence-corrected chi connectivity index (χ2v) is 3.36. The maximum Gasteiger partial charge on any atom is 0.304 e. The molecule has 1 saturated heterocycles. The van der Waals surface area contributed by atoms with Gasteiger partial charge in [0.1, 0.15) is 0 Å². The Hall–Kier alpha value is -0.650. The molecule has 1 heterocycles. The van der Waals surface area contributed by atoms with Gasteiger partial charge in [0.2, 0.25) is 0 Å². The van der Waals surface area contributed by atoms with Gasteiger partial charge in [-0.2, -0.15) is 0 Å². The first-order valence-electron chi connectivity index (χ1n) is 4.38. The smallest absolute Gasteiger partial charge is 0.304 e. The molecule has 0 saturated carbocycles. The number of rotatable bonds is 4. The fraction of sp³-hybridized carbons (Fsp3) is 0.875. The van der Waals surface area contributed by atoms with Crippen LogP contribution in [-0.4, -0.2) is 58.0 Å². The van der Waals surface area contributed by atoms with Crippen molar-refractivity contribution < 1.29 is 20.1 Å². The number of aliphatic hydroxyl groups is 2. The van der Waals surface area contributed by atoms with Gasteiger partial charge in [0, 0.05) is 19.1 Å². The summed E-state index contributed by atoms with van der Waals surface area (Å²) in [5.74, 6) is -0.849. The Labute approximate surface area is 76.6 Å². The van der Waals surface area contributed by atoms with Crippen molar-refractivity contribution in [2.75, 3.05) is 19.7 Å². The number of carboxylic acids is 1. The number of aliphatic carboxylic acids is 1. The van der Waals surface area contributed by atoms with Gasteiger partial charge in [-0.1, -0.05) is 0 Å². The summed E-state index contributed by atoms with van der Waals surface area (Å²) in [6, 6.07) is -0.0747. The fourth-order valence-electron chi connectivity index (χ4n) is 1.66. The fourth-order valence-corrected chi connectivity index (χ4v) is 1.66. The molecule has 0 aliphatic carbocycles. The Morgan fingerprint density at radius 1 is 1.54 bits per heavy atom. The standard InChI is InChI=1S/C8H15NO4/c10-5-6-3-7(11)4-9(6)2-1-8(12)13/h6-7,10-11H,1-5H2,(H,12,13)/t6-,7+/m0/s1. The van der Waals surface area contributed by atoms with Gasteiger partial charge in [-0.25, -0.2) is 0 Å². The van der Waals surface area contributed by atoms with Gasteiger partial charge in [-0.15, -0.1) is 0 Å². The summed E-state index contributed by atoms with van der Waals surface area (Å²) in [6.07, 6.45) is 0.172. The van der Waals surface area contributed by atoms with E-state index >= 15 is 0 Å². The first-order chi connectivity index (χ1) is 6.13. The van der Waals surface area contributed by atoms with E-state index < -0.39 is 12.1 Å². The van der Waals surface area contributed by atoms with Crippen molar-refractivity contribution in [3.8, 4) is 0 Å². The molecule has 1 rings (SSSR count). The number of likely N-dealkylation sites (tertiary alicyclic amines) is 1. The monoisotopic (exact) mass is 189 g/mol. The Kier molecular flexibility index (Phi) is 3.65. The Bertz CT molecular complexity index is 185. The molecular weight excluding hydrogens is 174 g/mol. The zero-order valence-electron chi connectivity index (χ0n) is 7.39. The second-order valence-electron chi connectivity index (χ2n) is 3.36. The normalized spacial score (nSPS) is 29.4. The van der Waals surface area contributed by atoms with Crippen LogP contribution in [0.5, 0.6) is 0 Å². The minimum absolute atomic E-state index is 0.0172. The van der Waals surface area contributed by atoms with Crippen molar-refractivity contribution in [1.29, 1.82) is 0 Å². The number of β-amino-alcohol motifs (C(OH)–C–C–N with tert-alkyl or cyclic N) is 1. The average Bonchev–Trinajstić information content (AvgIpc) is 2.42. The van der Waals surface area contributed by atoms with Gasteiger partial charge >= 0.3 is 5.97 Å². The summed E-state index contributed by atoms with van der Waals surface area (Å²) in [5.41, 5.74) is 0. The number of carboxylic acid groups (broad SMARTS) is 1. The highest BCUT2D eigenvalue weighted by Gasteiger charge is 2.29. The lowest BCUT2D eigenvalue weighted by Gasteiger charge is -2.20. The third-order valence-electron chi connectivity index (χ3n) is 2.33. The maximum absolute atomic E-state index is 10.3. The Morgan fingerprint density at radius 3 is 2.77 bits per heavy atom. The lowest BCUT2D eigenvalue weighted by Crippen LogP contribution is -2.34. The predicted octanol–water partition coefficient (Wildman–Crippen LogP) is -1.11. The minimum Gasteiger partial charge on any atom is -0.481 e. The van der Waals surface area contributed by atoms with Crippen LogP contribution in [-0.2, 0) is 4.79 Å². The zero-order chi connectivity index (χ0) is 9.84. The van der Waals surface area contributed by atoms with Crippen LogP contribution >= 0.6 is 0 Å². The third kappa shape index (κ3) is 2.95. The molecule has 13 heavy (non-hydrogen) atoms. The molecule has 0 unspecified atom stereocenters. The van der Waals surface area contributed by atoms with Gasteiger partial charge in [0.25, 0.3) is 0 Å². The second kappa shape index (κ2) is 4.55. The van der Waals surface area contributed by atoms with Crippen molar-refractivity contribution >= 4 is 5.97 Å². The highest BCUT2D eigenvalue weighted by Crippen LogP contribution is 2.17. The number of hydrogen-bond acceptors (Lipinski definition) is 4. The highest BCUT2D eigenvalue weighted by molar-refractivity contribution is 5.66. The molecule has 0 amide bonds. The van der Waals surface area contributed by atoms with Crippen molar-refractivity contribution in [1.82, 2.24) is 4.90 Å². The maximum atomic E-state index is 10.3. The van der Waals surface area contributed by atoms with E-state index in [1.165, 1.54) is 0 Å². The molecule has 1 aliphatic rings. The lowest BCUT2D eigenvalue weighted by atomic mass is 10.2. The van der Waals surface area contributed by atoms with Crippen molar-refractivity contribution in [2.45, 2.75) is 25.0 Å². The molecule has 3 N–H and O–H groups in total. The number of hydrogen-bond donors (Lipinski definition) is 3. The summed E-state index contributed by atoms with van der Waals surface area (Å²) in [7, 11) is 0. The Balaban J connectivity index is 2.35. The van der Waals surface area contributed by atoms with Gasteiger partial charge in [0.15, 0.2) is 0 Å². The van der Waals surface area contributed by atoms with E-state index in [9.17, 15) is 9.90 Å². The number of carbonyl (C=O) groups is 1. The number of nitrogens with zero attached hydrogens (tertiary/aromatic N) is 1. The Morgan fingerprint density at radius 2 is 2.23 bits per heavy atom. The van der Waals surface area contributed by atoms with E-state index in [0.29, 0.717) is 19.5 Å². The van der Waals surface area contributed by atoms with Crippen LogP contribution in [0.3, 0.4) is 0 Å². The summed E-state index contributed by atoms with van der Waals surface area (Å²) >= 11 is 0. The van der Waals surface area contributed by atoms with Crippen LogP contribution in [0.15, 0.2) is 0 Å². The number of aliphatic hydroxyl groups excluding tert-OH is 2. The van der Waals surface area contributed by atoms with Crippen molar-refractivity contribution in [2.24, 2.45) is 0 Å². The SMILES string of the molecule is O=C(O)CCN1C[C@H](O)C[C@H]1CO. The summed E-state index contributed by atoms with van der Waals surface area (Å²) in [5, 5.41) is 26.6. The summed E-state index contributed by atoms with van der Waals surface area (Å²) in [6.45, 7) is 0.854. The van der Waals surface area contributed by atoms with E-state index in [0.717, 1.165) is 0 Å². The average molecular weight is 189 g/mol. The molecule has 1 fully saturated rings. The van der Waals surface area contributed by atoms with Crippen LogP contribution in [0.25, 0.3) is 0 Å². The third-order valence-corrected chi connectivity index (χ3v) is 2.33. The van der Waals surface area contributed by atoms with Crippen LogP contribution in [0.1, 0.15) is 12.8 Å². The van der Waals surface area contributed by atoms with Crippen LogP contribution in [0.2, 0.25) is 0 Å². The summed E-state index contributed by atoms with van der Waals surface area (Å²) < 4.78 is 0. The summed E-state index contributed by atoms with van der Waals surface area (Å²) in [4.78, 5) is 12.1. The highest BCUT2D eigenvalue weighted by atomic mass is 16.4. The molecule has 0 aromatic heterocycles. The lowest BCUT2D eigenvalue weighted by molar-refractivity contribution is -0.137. The van der Waals surface area contributed by atoms with E-state index in [1.807, 2.05) is 4.90 Å². The van der Waals surface area contributed by atoms with Crippen LogP contribution < -0.4 is 0 Å². The quantitative estimate of drug-likeness (QED) is 0.522. The molecule has 5 heteroatoms. The molecule has 0 radical (unpaired) electrons. The zero-order valence-corrected chi connectivity index (χ0v) is 7.39. The largest absolute Gasteiger partial charge is 0.481 e. The van der Waals surface area contributed by atoms with Crippen molar-refractivity contribution in [3.63, 3.8) is 0 Å². The molecule has 1 aliphatic heterocycles. The first kappa shape index (κ1) is 10.4. The molecule has 0 aromatic rings. The molecule has 76 valence electrons. The molecule has 0 aromatic carbocycles. The van der Waals surface area contributed by atoms with E-state index in [2.05, 4.69) is 0 Å². The van der Waals surface area contributed by atoms with Crippen molar-refractivity contribution in [3.05, 3.63) is 0 Å². The van der Waals surface area contributed by atoms with Crippen LogP contribution in [0, 0.1) is 0 Å². The molecule has 2 atom stereocenters. The first-order valence-corrected chi connectivity index (χ1v) is 4.38. The van der Waals surface area contributed by atoms with Gasteiger partial charge in [0.05, 0.1) is 19.1 Å². The van der Waals surface area contributed by atoms with E-state index in [1.54, 1.807) is 0 Å². The molecule has 5 nitrogen and oxygen atoms in total. The van der Waals surface area contributed by atoms with Gasteiger partial charge in [-0.05, 0) is 6.42 Å². The van der Waals surface area contributed by atoms with Gasteiger partial charge in [-0.3, -0.25) is 9.69 Å². The molecular formula is C8H15NO4. The topological polar surface area (TPSA) is 81.0 Å². The minimum atomic E-state index is -0.849. The van der Waals surface area contributed by atoms with Crippen LogP contribution in [0.4, 0.5) is 0 Å². The van der Waals surface area contributed by atoms with Gasteiger partial charge < -0.3 is 15.3 Å². The van der Waals surface area contributed by atoms with E-state index in [-0.39, 0.29) is 19.1 Å². The van der Waals surface area contributed by atoms with E-state index in [4.69, 9.17) is 10.2 Å². The predicted molar refractivity (Wildman–Crippen MR) is 45.3 cm³/mol.